The topological polar surface area (TPSA) is 111 Å². The lowest BCUT2D eigenvalue weighted by molar-refractivity contribution is -0.393. The maximum absolute atomic E-state index is 11.0. The molecular weight excluding hydrogens is 276 g/mol. The van der Waals surface area contributed by atoms with Crippen molar-refractivity contribution in [2.75, 3.05) is 5.43 Å². The van der Waals surface area contributed by atoms with Gasteiger partial charge in [0.25, 0.3) is 5.69 Å². The Labute approximate surface area is 119 Å². The second kappa shape index (κ2) is 4.97. The Morgan fingerprint density at radius 3 is 2.71 bits per heavy atom. The minimum Gasteiger partial charge on any atom is -0.272 e. The molecule has 0 spiro atoms. The van der Waals surface area contributed by atoms with Gasteiger partial charge in [-0.15, -0.1) is 0 Å². The number of hydrazone groups is 1. The molecular formula is C13H12N4O4. The average molecular weight is 288 g/mol. The zero-order valence-electron chi connectivity index (χ0n) is 10.9. The highest BCUT2D eigenvalue weighted by atomic mass is 16.6. The lowest BCUT2D eigenvalue weighted by Crippen LogP contribution is -2.33. The largest absolute Gasteiger partial charge is 0.301 e. The summed E-state index contributed by atoms with van der Waals surface area (Å²) in [6.45, 7) is 0. The smallest absolute Gasteiger partial charge is 0.272 e. The van der Waals surface area contributed by atoms with Gasteiger partial charge in [-0.25, -0.2) is 0 Å². The molecule has 21 heavy (non-hydrogen) atoms. The van der Waals surface area contributed by atoms with Gasteiger partial charge in [0.15, 0.2) is 0 Å². The van der Waals surface area contributed by atoms with Crippen LogP contribution in [-0.2, 0) is 0 Å². The molecule has 0 amide bonds. The lowest BCUT2D eigenvalue weighted by Gasteiger charge is -2.31. The standard InChI is InChI=1S/C13H12N4O4/c18-16(19)9-4-5-11(13(7-9)17(20)21)14-15-12-6-8-2-1-3-10(8)12/h1-2,4-5,7-8,10,14H,3,6H2/b15-12+. The van der Waals surface area contributed by atoms with Crippen LogP contribution >= 0.6 is 0 Å². The Kier molecular flexibility index (Phi) is 3.13. The van der Waals surface area contributed by atoms with Crippen molar-refractivity contribution < 1.29 is 9.85 Å². The highest BCUT2D eigenvalue weighted by molar-refractivity contribution is 5.94. The molecule has 0 saturated heterocycles. The fourth-order valence-corrected chi connectivity index (χ4v) is 2.67. The fraction of sp³-hybridized carbons (Fsp3) is 0.308. The van der Waals surface area contributed by atoms with Crippen LogP contribution < -0.4 is 5.43 Å². The quantitative estimate of drug-likeness (QED) is 0.520. The number of hydrogen-bond acceptors (Lipinski definition) is 6. The summed E-state index contributed by atoms with van der Waals surface area (Å²) >= 11 is 0. The summed E-state index contributed by atoms with van der Waals surface area (Å²) in [6, 6.07) is 3.46. The molecule has 1 N–H and O–H groups in total. The summed E-state index contributed by atoms with van der Waals surface area (Å²) in [5.41, 5.74) is 3.15. The van der Waals surface area contributed by atoms with Crippen LogP contribution in [0.15, 0.2) is 35.5 Å². The Morgan fingerprint density at radius 2 is 2.05 bits per heavy atom. The number of hydrogen-bond donors (Lipinski definition) is 1. The van der Waals surface area contributed by atoms with Gasteiger partial charge in [0, 0.05) is 17.7 Å². The van der Waals surface area contributed by atoms with Crippen molar-refractivity contribution in [3.05, 3.63) is 50.6 Å². The Balaban J connectivity index is 1.80. The van der Waals surface area contributed by atoms with Crippen LogP contribution in [0.3, 0.4) is 0 Å². The lowest BCUT2D eigenvalue weighted by atomic mass is 9.74. The summed E-state index contributed by atoms with van der Waals surface area (Å²) in [5.74, 6) is 0.937. The number of rotatable bonds is 4. The van der Waals surface area contributed by atoms with Gasteiger partial charge in [0.2, 0.25) is 0 Å². The van der Waals surface area contributed by atoms with Gasteiger partial charge in [-0.3, -0.25) is 25.7 Å². The summed E-state index contributed by atoms with van der Waals surface area (Å²) in [6.07, 6.45) is 6.09. The van der Waals surface area contributed by atoms with Gasteiger partial charge in [-0.05, 0) is 24.8 Å². The molecule has 1 fully saturated rings. The van der Waals surface area contributed by atoms with Crippen molar-refractivity contribution in [1.82, 2.24) is 0 Å². The molecule has 108 valence electrons. The first-order valence-corrected chi connectivity index (χ1v) is 6.48. The molecule has 2 aliphatic carbocycles. The number of nitro groups is 2. The number of fused-ring (bicyclic) bond motifs is 1. The van der Waals surface area contributed by atoms with E-state index in [4.69, 9.17) is 0 Å². The number of allylic oxidation sites excluding steroid dienone is 2. The monoisotopic (exact) mass is 288 g/mol. The fourth-order valence-electron chi connectivity index (χ4n) is 2.67. The van der Waals surface area contributed by atoms with Crippen LogP contribution in [-0.4, -0.2) is 15.6 Å². The van der Waals surface area contributed by atoms with Crippen molar-refractivity contribution in [3.8, 4) is 0 Å². The van der Waals surface area contributed by atoms with E-state index in [0.29, 0.717) is 11.8 Å². The first-order valence-electron chi connectivity index (χ1n) is 6.48. The van der Waals surface area contributed by atoms with Crippen LogP contribution in [0.5, 0.6) is 0 Å². The predicted octanol–water partition coefficient (Wildman–Crippen LogP) is 2.87. The molecule has 0 bridgehead atoms. The molecule has 3 rings (SSSR count). The molecule has 8 heteroatoms. The molecule has 0 aromatic heterocycles. The molecule has 8 nitrogen and oxygen atoms in total. The third-order valence-corrected chi connectivity index (χ3v) is 3.87. The zero-order chi connectivity index (χ0) is 15.0. The Hall–Kier alpha value is -2.77. The molecule has 1 saturated carbocycles. The number of anilines is 1. The van der Waals surface area contributed by atoms with Gasteiger partial charge in [0.1, 0.15) is 5.69 Å². The Bertz CT molecular complexity index is 683. The van der Waals surface area contributed by atoms with E-state index in [1.54, 1.807) is 0 Å². The summed E-state index contributed by atoms with van der Waals surface area (Å²) in [4.78, 5) is 20.3. The van der Waals surface area contributed by atoms with Gasteiger partial charge in [-0.2, -0.15) is 5.10 Å². The minimum atomic E-state index is -0.663. The molecule has 0 aliphatic heterocycles. The van der Waals surface area contributed by atoms with Gasteiger partial charge < -0.3 is 0 Å². The maximum atomic E-state index is 11.0. The van der Waals surface area contributed by atoms with Gasteiger partial charge in [-0.1, -0.05) is 12.2 Å². The van der Waals surface area contributed by atoms with Crippen molar-refractivity contribution in [2.24, 2.45) is 16.9 Å². The third kappa shape index (κ3) is 2.35. The first kappa shape index (κ1) is 13.2. The molecule has 2 aliphatic rings. The van der Waals surface area contributed by atoms with E-state index in [1.165, 1.54) is 12.1 Å². The average Bonchev–Trinajstić information content (AvgIpc) is 2.80. The van der Waals surface area contributed by atoms with E-state index in [-0.39, 0.29) is 17.1 Å². The van der Waals surface area contributed by atoms with Gasteiger partial charge in [0.05, 0.1) is 15.9 Å². The van der Waals surface area contributed by atoms with Crippen molar-refractivity contribution in [3.63, 3.8) is 0 Å². The SMILES string of the molecule is O=[N+]([O-])c1ccc(N/N=C2\CC3C=CCC23)c([N+](=O)[O-])c1. The van der Waals surface area contributed by atoms with Crippen LogP contribution in [0, 0.1) is 32.1 Å². The van der Waals surface area contributed by atoms with E-state index >= 15 is 0 Å². The highest BCUT2D eigenvalue weighted by Crippen LogP contribution is 2.40. The van der Waals surface area contributed by atoms with E-state index in [0.717, 1.165) is 24.6 Å². The highest BCUT2D eigenvalue weighted by Gasteiger charge is 2.38. The van der Waals surface area contributed by atoms with E-state index in [9.17, 15) is 20.2 Å². The minimum absolute atomic E-state index is 0.160. The third-order valence-electron chi connectivity index (χ3n) is 3.87. The summed E-state index contributed by atoms with van der Waals surface area (Å²) < 4.78 is 0. The number of nitrogens with one attached hydrogen (secondary N) is 1. The van der Waals surface area contributed by atoms with Crippen molar-refractivity contribution in [2.45, 2.75) is 12.8 Å². The van der Waals surface area contributed by atoms with Crippen molar-refractivity contribution >= 4 is 22.8 Å². The normalized spacial score (nSPS) is 24.5. The maximum Gasteiger partial charge on any atom is 0.301 e. The van der Waals surface area contributed by atoms with Crippen molar-refractivity contribution in [1.29, 1.82) is 0 Å². The number of nitro benzene ring substituents is 2. The van der Waals surface area contributed by atoms with Crippen LogP contribution in [0.4, 0.5) is 17.1 Å². The van der Waals surface area contributed by atoms with E-state index in [2.05, 4.69) is 22.7 Å². The Morgan fingerprint density at radius 1 is 1.24 bits per heavy atom. The molecule has 1 aromatic rings. The molecule has 2 atom stereocenters. The number of benzene rings is 1. The predicted molar refractivity (Wildman–Crippen MR) is 76.2 cm³/mol. The van der Waals surface area contributed by atoms with E-state index in [1.807, 2.05) is 0 Å². The summed E-state index contributed by atoms with van der Waals surface area (Å²) in [5, 5.41) is 25.9. The summed E-state index contributed by atoms with van der Waals surface area (Å²) in [7, 11) is 0. The number of non-ortho nitro benzene ring substituents is 1. The van der Waals surface area contributed by atoms with Crippen LogP contribution in [0.2, 0.25) is 0 Å². The molecule has 0 heterocycles. The molecule has 2 unspecified atom stereocenters. The van der Waals surface area contributed by atoms with Crippen LogP contribution in [0.1, 0.15) is 12.8 Å². The van der Waals surface area contributed by atoms with Crippen LogP contribution in [0.25, 0.3) is 0 Å². The van der Waals surface area contributed by atoms with Gasteiger partial charge >= 0.3 is 5.69 Å². The first-order chi connectivity index (χ1) is 10.1. The molecule has 0 radical (unpaired) electrons. The molecule has 1 aromatic carbocycles. The van der Waals surface area contributed by atoms with E-state index < -0.39 is 9.85 Å². The second-order valence-corrected chi connectivity index (χ2v) is 5.07. The number of nitrogens with zero attached hydrogens (tertiary/aromatic N) is 3. The second-order valence-electron chi connectivity index (χ2n) is 5.07. The zero-order valence-corrected chi connectivity index (χ0v) is 10.9.